The molecule has 0 fully saturated rings. The van der Waals surface area contributed by atoms with Gasteiger partial charge in [-0.25, -0.2) is 0 Å². The van der Waals surface area contributed by atoms with Gasteiger partial charge in [0.15, 0.2) is 0 Å². The molecule has 1 N–H and O–H groups in total. The number of unbranched alkanes of at least 4 members (excludes halogenated alkanes) is 3. The zero-order valence-corrected chi connectivity index (χ0v) is 11.0. The van der Waals surface area contributed by atoms with Crippen molar-refractivity contribution in [1.29, 1.82) is 0 Å². The summed E-state index contributed by atoms with van der Waals surface area (Å²) >= 11 is 3.40. The van der Waals surface area contributed by atoms with Gasteiger partial charge in [0.05, 0.1) is 0 Å². The highest BCUT2D eigenvalue weighted by atomic mass is 79.9. The first-order valence-electron chi connectivity index (χ1n) is 5.74. The summed E-state index contributed by atoms with van der Waals surface area (Å²) in [7, 11) is 0. The number of hydrogen-bond donors (Lipinski definition) is 1. The maximum Gasteiger partial charge on any atom is 0.224 e. The van der Waals surface area contributed by atoms with E-state index in [0.717, 1.165) is 23.9 Å². The molecule has 0 aliphatic carbocycles. The van der Waals surface area contributed by atoms with Crippen molar-refractivity contribution in [3.05, 3.63) is 30.3 Å². The third kappa shape index (κ3) is 5.91. The number of alkyl halides is 1. The molecule has 0 spiro atoms. The quantitative estimate of drug-likeness (QED) is 0.595. The second kappa shape index (κ2) is 8.34. The molecular weight excluding hydrogens is 266 g/mol. The van der Waals surface area contributed by atoms with Crippen molar-refractivity contribution in [3.8, 4) is 0 Å². The minimum atomic E-state index is 0.116. The number of nitrogens with one attached hydrogen (secondary N) is 1. The third-order valence-electron chi connectivity index (χ3n) is 2.35. The molecule has 0 bridgehead atoms. The molecule has 1 rings (SSSR count). The summed E-state index contributed by atoms with van der Waals surface area (Å²) in [6.07, 6.45) is 5.13. The zero-order chi connectivity index (χ0) is 11.6. The van der Waals surface area contributed by atoms with E-state index in [2.05, 4.69) is 21.2 Å². The normalized spacial score (nSPS) is 10.1. The van der Waals surface area contributed by atoms with E-state index in [1.54, 1.807) is 0 Å². The Bertz CT molecular complexity index is 300. The number of para-hydroxylation sites is 1. The van der Waals surface area contributed by atoms with Crippen LogP contribution in [0.1, 0.15) is 32.1 Å². The molecule has 88 valence electrons. The molecule has 0 aromatic heterocycles. The SMILES string of the molecule is O=C(CCCCCCBr)Nc1ccccc1. The first-order valence-corrected chi connectivity index (χ1v) is 6.86. The Morgan fingerprint density at radius 1 is 1.06 bits per heavy atom. The van der Waals surface area contributed by atoms with Crippen molar-refractivity contribution in [2.24, 2.45) is 0 Å². The standard InChI is InChI=1S/C13H18BrNO/c14-11-7-2-1-6-10-13(16)15-12-8-4-3-5-9-12/h3-5,8-9H,1-2,6-7,10-11H2,(H,15,16). The van der Waals surface area contributed by atoms with Gasteiger partial charge in [0.2, 0.25) is 5.91 Å². The van der Waals surface area contributed by atoms with Crippen LogP contribution in [0.25, 0.3) is 0 Å². The zero-order valence-electron chi connectivity index (χ0n) is 9.42. The Balaban J connectivity index is 2.12. The number of benzene rings is 1. The van der Waals surface area contributed by atoms with Gasteiger partial charge in [0.1, 0.15) is 0 Å². The Labute approximate surface area is 106 Å². The molecule has 0 radical (unpaired) electrons. The highest BCUT2D eigenvalue weighted by molar-refractivity contribution is 9.09. The van der Waals surface area contributed by atoms with E-state index in [9.17, 15) is 4.79 Å². The number of anilines is 1. The van der Waals surface area contributed by atoms with Crippen molar-refractivity contribution >= 4 is 27.5 Å². The summed E-state index contributed by atoms with van der Waals surface area (Å²) in [5, 5.41) is 3.94. The molecule has 0 aliphatic rings. The lowest BCUT2D eigenvalue weighted by molar-refractivity contribution is -0.116. The number of carbonyl (C=O) groups is 1. The molecule has 1 amide bonds. The van der Waals surface area contributed by atoms with Gasteiger partial charge >= 0.3 is 0 Å². The summed E-state index contributed by atoms with van der Waals surface area (Å²) < 4.78 is 0. The molecule has 0 saturated heterocycles. The van der Waals surface area contributed by atoms with Crippen LogP contribution < -0.4 is 5.32 Å². The maximum absolute atomic E-state index is 11.5. The lowest BCUT2D eigenvalue weighted by Crippen LogP contribution is -2.10. The molecular formula is C13H18BrNO. The molecule has 3 heteroatoms. The largest absolute Gasteiger partial charge is 0.326 e. The highest BCUT2D eigenvalue weighted by Crippen LogP contribution is 2.08. The van der Waals surface area contributed by atoms with E-state index in [1.165, 1.54) is 12.8 Å². The van der Waals surface area contributed by atoms with Gasteiger partial charge in [0, 0.05) is 17.4 Å². The maximum atomic E-state index is 11.5. The molecule has 1 aromatic rings. The first kappa shape index (κ1) is 13.2. The van der Waals surface area contributed by atoms with Crippen molar-refractivity contribution in [3.63, 3.8) is 0 Å². The van der Waals surface area contributed by atoms with Crippen LogP contribution in [-0.4, -0.2) is 11.2 Å². The van der Waals surface area contributed by atoms with Gasteiger partial charge < -0.3 is 5.32 Å². The minimum Gasteiger partial charge on any atom is -0.326 e. The minimum absolute atomic E-state index is 0.116. The molecule has 2 nitrogen and oxygen atoms in total. The van der Waals surface area contributed by atoms with E-state index in [-0.39, 0.29) is 5.91 Å². The Hall–Kier alpha value is -0.830. The summed E-state index contributed by atoms with van der Waals surface area (Å²) in [6, 6.07) is 9.60. The number of hydrogen-bond acceptors (Lipinski definition) is 1. The van der Waals surface area contributed by atoms with Crippen LogP contribution in [0.15, 0.2) is 30.3 Å². The average Bonchev–Trinajstić information content (AvgIpc) is 2.30. The van der Waals surface area contributed by atoms with E-state index in [1.807, 2.05) is 30.3 Å². The van der Waals surface area contributed by atoms with E-state index >= 15 is 0 Å². The van der Waals surface area contributed by atoms with Crippen molar-refractivity contribution < 1.29 is 4.79 Å². The van der Waals surface area contributed by atoms with Crippen LogP contribution >= 0.6 is 15.9 Å². The van der Waals surface area contributed by atoms with Gasteiger partial charge in [-0.05, 0) is 25.0 Å². The molecule has 0 atom stereocenters. The van der Waals surface area contributed by atoms with Gasteiger partial charge in [-0.15, -0.1) is 0 Å². The van der Waals surface area contributed by atoms with Crippen LogP contribution in [0.5, 0.6) is 0 Å². The predicted molar refractivity (Wildman–Crippen MR) is 72.0 cm³/mol. The van der Waals surface area contributed by atoms with Crippen LogP contribution in [0.2, 0.25) is 0 Å². The number of amides is 1. The van der Waals surface area contributed by atoms with Crippen LogP contribution in [0.4, 0.5) is 5.69 Å². The molecule has 0 unspecified atom stereocenters. The Kier molecular flexibility index (Phi) is 6.90. The summed E-state index contributed by atoms with van der Waals surface area (Å²) in [6.45, 7) is 0. The van der Waals surface area contributed by atoms with Crippen molar-refractivity contribution in [2.45, 2.75) is 32.1 Å². The first-order chi connectivity index (χ1) is 7.83. The van der Waals surface area contributed by atoms with E-state index in [0.29, 0.717) is 6.42 Å². The van der Waals surface area contributed by atoms with Crippen LogP contribution in [-0.2, 0) is 4.79 Å². The second-order valence-electron chi connectivity index (χ2n) is 3.77. The Morgan fingerprint density at radius 2 is 1.75 bits per heavy atom. The van der Waals surface area contributed by atoms with Crippen LogP contribution in [0.3, 0.4) is 0 Å². The lowest BCUT2D eigenvalue weighted by Gasteiger charge is -2.04. The van der Waals surface area contributed by atoms with Gasteiger partial charge in [-0.1, -0.05) is 47.0 Å². The topological polar surface area (TPSA) is 29.1 Å². The average molecular weight is 284 g/mol. The van der Waals surface area contributed by atoms with E-state index in [4.69, 9.17) is 0 Å². The smallest absolute Gasteiger partial charge is 0.224 e. The van der Waals surface area contributed by atoms with E-state index < -0.39 is 0 Å². The molecule has 1 aromatic carbocycles. The van der Waals surface area contributed by atoms with Crippen molar-refractivity contribution in [1.82, 2.24) is 0 Å². The highest BCUT2D eigenvalue weighted by Gasteiger charge is 2.01. The fourth-order valence-corrected chi connectivity index (χ4v) is 1.88. The van der Waals surface area contributed by atoms with Gasteiger partial charge in [0.25, 0.3) is 0 Å². The number of rotatable bonds is 7. The third-order valence-corrected chi connectivity index (χ3v) is 2.91. The Morgan fingerprint density at radius 3 is 2.44 bits per heavy atom. The summed E-state index contributed by atoms with van der Waals surface area (Å²) in [5.74, 6) is 0.116. The lowest BCUT2D eigenvalue weighted by atomic mass is 10.1. The molecule has 0 saturated carbocycles. The van der Waals surface area contributed by atoms with Crippen LogP contribution in [0, 0.1) is 0 Å². The molecule has 0 aliphatic heterocycles. The summed E-state index contributed by atoms with van der Waals surface area (Å²) in [4.78, 5) is 11.5. The number of halogens is 1. The fraction of sp³-hybridized carbons (Fsp3) is 0.462. The second-order valence-corrected chi connectivity index (χ2v) is 4.56. The molecule has 0 heterocycles. The van der Waals surface area contributed by atoms with Gasteiger partial charge in [-0.3, -0.25) is 4.79 Å². The number of carbonyl (C=O) groups excluding carboxylic acids is 1. The van der Waals surface area contributed by atoms with Crippen molar-refractivity contribution in [2.75, 3.05) is 10.6 Å². The predicted octanol–water partition coefficient (Wildman–Crippen LogP) is 3.97. The monoisotopic (exact) mass is 283 g/mol. The molecule has 16 heavy (non-hydrogen) atoms. The summed E-state index contributed by atoms with van der Waals surface area (Å²) in [5.41, 5.74) is 0.882. The van der Waals surface area contributed by atoms with Gasteiger partial charge in [-0.2, -0.15) is 0 Å². The fourth-order valence-electron chi connectivity index (χ4n) is 1.48.